The Bertz CT molecular complexity index is 1310. The predicted molar refractivity (Wildman–Crippen MR) is 135 cm³/mol. The van der Waals surface area contributed by atoms with Crippen molar-refractivity contribution in [1.82, 2.24) is 14.1 Å². The van der Waals surface area contributed by atoms with E-state index >= 15 is 0 Å². The number of carbonyl (C=O) groups excluding carboxylic acids is 1. The number of sulfonamides is 1. The van der Waals surface area contributed by atoms with Gasteiger partial charge in [0.1, 0.15) is 4.90 Å². The summed E-state index contributed by atoms with van der Waals surface area (Å²) in [5.74, 6) is 0.126. The zero-order valence-corrected chi connectivity index (χ0v) is 21.4. The van der Waals surface area contributed by atoms with Gasteiger partial charge in [0, 0.05) is 24.3 Å². The van der Waals surface area contributed by atoms with Crippen LogP contribution in [0.15, 0.2) is 53.4 Å². The standard InChI is InChI=1S/C26H32N4O4S/c1-18(2)23-7-5-6-8-24(23)27-26(31)22-11-9-21(10-12-22)17-30-20(4)25(19(3)28-30)35(32,33)29-13-15-34-16-14-29/h5-12,18H,13-17H2,1-4H3,(H,27,31). The minimum atomic E-state index is -3.64. The fourth-order valence-electron chi connectivity index (χ4n) is 4.37. The molecule has 0 atom stereocenters. The van der Waals surface area contributed by atoms with E-state index in [0.717, 1.165) is 16.8 Å². The maximum atomic E-state index is 13.2. The third-order valence-electron chi connectivity index (χ3n) is 6.26. The number of rotatable bonds is 7. The zero-order chi connectivity index (χ0) is 25.2. The van der Waals surface area contributed by atoms with Gasteiger partial charge in [-0.15, -0.1) is 0 Å². The molecule has 1 saturated heterocycles. The second-order valence-corrected chi connectivity index (χ2v) is 10.9. The Hall–Kier alpha value is -3.01. The lowest BCUT2D eigenvalue weighted by atomic mass is 10.0. The molecule has 4 rings (SSSR count). The van der Waals surface area contributed by atoms with Crippen molar-refractivity contribution >= 4 is 21.6 Å². The molecule has 1 amide bonds. The number of benzene rings is 2. The number of nitrogens with zero attached hydrogens (tertiary/aromatic N) is 3. The maximum absolute atomic E-state index is 13.2. The summed E-state index contributed by atoms with van der Waals surface area (Å²) in [6.07, 6.45) is 0. The lowest BCUT2D eigenvalue weighted by Gasteiger charge is -2.26. The number of hydrogen-bond acceptors (Lipinski definition) is 5. The predicted octanol–water partition coefficient (Wildman–Crippen LogP) is 3.94. The number of aromatic nitrogens is 2. The van der Waals surface area contributed by atoms with Crippen LogP contribution in [0.3, 0.4) is 0 Å². The Morgan fingerprint density at radius 3 is 2.37 bits per heavy atom. The van der Waals surface area contributed by atoms with Crippen molar-refractivity contribution in [2.45, 2.75) is 45.1 Å². The number of nitrogens with one attached hydrogen (secondary N) is 1. The largest absolute Gasteiger partial charge is 0.379 e. The molecule has 1 fully saturated rings. The van der Waals surface area contributed by atoms with Crippen LogP contribution >= 0.6 is 0 Å². The monoisotopic (exact) mass is 496 g/mol. The molecular weight excluding hydrogens is 464 g/mol. The first-order chi connectivity index (χ1) is 16.7. The summed E-state index contributed by atoms with van der Waals surface area (Å²) >= 11 is 0. The lowest BCUT2D eigenvalue weighted by molar-refractivity contribution is 0.0730. The normalized spacial score (nSPS) is 14.9. The van der Waals surface area contributed by atoms with Crippen LogP contribution in [-0.2, 0) is 21.3 Å². The number of hydrogen-bond donors (Lipinski definition) is 1. The van der Waals surface area contributed by atoms with Crippen molar-refractivity contribution in [2.24, 2.45) is 0 Å². The summed E-state index contributed by atoms with van der Waals surface area (Å²) in [6, 6.07) is 15.1. The Morgan fingerprint density at radius 1 is 1.06 bits per heavy atom. The van der Waals surface area contributed by atoms with E-state index in [-0.39, 0.29) is 10.8 Å². The molecule has 2 heterocycles. The molecule has 9 heteroatoms. The van der Waals surface area contributed by atoms with Crippen molar-refractivity contribution in [3.05, 3.63) is 76.6 Å². The molecule has 0 aliphatic carbocycles. The summed E-state index contributed by atoms with van der Waals surface area (Å²) in [4.78, 5) is 13.1. The molecule has 0 spiro atoms. The number of anilines is 1. The summed E-state index contributed by atoms with van der Waals surface area (Å²) in [5.41, 5.74) is 4.45. The lowest BCUT2D eigenvalue weighted by Crippen LogP contribution is -2.41. The van der Waals surface area contributed by atoms with Gasteiger partial charge in [-0.3, -0.25) is 9.48 Å². The van der Waals surface area contributed by atoms with Gasteiger partial charge in [0.05, 0.1) is 31.1 Å². The molecule has 1 N–H and O–H groups in total. The molecule has 3 aromatic rings. The van der Waals surface area contributed by atoms with Crippen LogP contribution in [0.2, 0.25) is 0 Å². The van der Waals surface area contributed by atoms with Crippen molar-refractivity contribution in [2.75, 3.05) is 31.6 Å². The molecule has 1 aliphatic heterocycles. The van der Waals surface area contributed by atoms with E-state index in [1.165, 1.54) is 4.31 Å². The van der Waals surface area contributed by atoms with Gasteiger partial charge in [0.25, 0.3) is 5.91 Å². The van der Waals surface area contributed by atoms with Crippen LogP contribution in [0, 0.1) is 13.8 Å². The van der Waals surface area contributed by atoms with Crippen molar-refractivity contribution in [1.29, 1.82) is 0 Å². The van der Waals surface area contributed by atoms with Gasteiger partial charge in [-0.05, 0) is 49.1 Å². The van der Waals surface area contributed by atoms with E-state index in [0.29, 0.717) is 55.7 Å². The van der Waals surface area contributed by atoms with E-state index in [2.05, 4.69) is 24.3 Å². The third kappa shape index (κ3) is 5.32. The average molecular weight is 497 g/mol. The molecule has 1 aliphatic rings. The van der Waals surface area contributed by atoms with E-state index in [4.69, 9.17) is 4.74 Å². The highest BCUT2D eigenvalue weighted by atomic mass is 32.2. The van der Waals surface area contributed by atoms with Gasteiger partial charge >= 0.3 is 0 Å². The van der Waals surface area contributed by atoms with Gasteiger partial charge < -0.3 is 10.1 Å². The van der Waals surface area contributed by atoms with Crippen molar-refractivity contribution in [3.8, 4) is 0 Å². The van der Waals surface area contributed by atoms with Gasteiger partial charge in [-0.25, -0.2) is 8.42 Å². The number of morpholine rings is 1. The minimum Gasteiger partial charge on any atom is -0.379 e. The van der Waals surface area contributed by atoms with Crippen LogP contribution in [0.25, 0.3) is 0 Å². The first kappa shape index (κ1) is 25.1. The van der Waals surface area contributed by atoms with Crippen LogP contribution in [0.5, 0.6) is 0 Å². The van der Waals surface area contributed by atoms with E-state index < -0.39 is 10.0 Å². The van der Waals surface area contributed by atoms with E-state index in [1.807, 2.05) is 36.4 Å². The first-order valence-electron chi connectivity index (χ1n) is 11.8. The first-order valence-corrected chi connectivity index (χ1v) is 13.2. The number of aryl methyl sites for hydroxylation is 1. The van der Waals surface area contributed by atoms with E-state index in [1.54, 1.807) is 30.7 Å². The van der Waals surface area contributed by atoms with Crippen LogP contribution < -0.4 is 5.32 Å². The Kier molecular flexibility index (Phi) is 7.39. The Labute approximate surface area is 207 Å². The Balaban J connectivity index is 1.50. The van der Waals surface area contributed by atoms with E-state index in [9.17, 15) is 13.2 Å². The van der Waals surface area contributed by atoms with Gasteiger partial charge in [0.2, 0.25) is 10.0 Å². The summed E-state index contributed by atoms with van der Waals surface area (Å²) in [5, 5.41) is 7.51. The summed E-state index contributed by atoms with van der Waals surface area (Å²) in [7, 11) is -3.64. The highest BCUT2D eigenvalue weighted by Gasteiger charge is 2.32. The van der Waals surface area contributed by atoms with Gasteiger partial charge in [-0.2, -0.15) is 9.40 Å². The molecule has 0 unspecified atom stereocenters. The minimum absolute atomic E-state index is 0.172. The molecule has 186 valence electrons. The zero-order valence-electron chi connectivity index (χ0n) is 20.6. The topological polar surface area (TPSA) is 93.5 Å². The highest BCUT2D eigenvalue weighted by Crippen LogP contribution is 2.26. The number of carbonyl (C=O) groups is 1. The molecular formula is C26H32N4O4S. The van der Waals surface area contributed by atoms with Crippen LogP contribution in [0.4, 0.5) is 5.69 Å². The van der Waals surface area contributed by atoms with Crippen LogP contribution in [-0.4, -0.2) is 54.7 Å². The van der Waals surface area contributed by atoms with Crippen molar-refractivity contribution < 1.29 is 17.9 Å². The summed E-state index contributed by atoms with van der Waals surface area (Å²) in [6.45, 7) is 9.58. The SMILES string of the molecule is Cc1nn(Cc2ccc(C(=O)Nc3ccccc3C(C)C)cc2)c(C)c1S(=O)(=O)N1CCOCC1. The quantitative estimate of drug-likeness (QED) is 0.535. The highest BCUT2D eigenvalue weighted by molar-refractivity contribution is 7.89. The van der Waals surface area contributed by atoms with Crippen molar-refractivity contribution in [3.63, 3.8) is 0 Å². The average Bonchev–Trinajstić information content (AvgIpc) is 3.13. The van der Waals surface area contributed by atoms with Gasteiger partial charge in [0.15, 0.2) is 0 Å². The summed E-state index contributed by atoms with van der Waals surface area (Å²) < 4.78 is 34.9. The molecule has 0 saturated carbocycles. The fraction of sp³-hybridized carbons (Fsp3) is 0.385. The molecule has 0 bridgehead atoms. The number of amides is 1. The second kappa shape index (κ2) is 10.3. The molecule has 35 heavy (non-hydrogen) atoms. The Morgan fingerprint density at radius 2 is 1.71 bits per heavy atom. The van der Waals surface area contributed by atoms with Gasteiger partial charge in [-0.1, -0.05) is 44.2 Å². The smallest absolute Gasteiger partial charge is 0.255 e. The third-order valence-corrected chi connectivity index (χ3v) is 8.41. The molecule has 0 radical (unpaired) electrons. The number of para-hydroxylation sites is 1. The molecule has 1 aromatic heterocycles. The number of ether oxygens (including phenoxy) is 1. The molecule has 2 aromatic carbocycles. The maximum Gasteiger partial charge on any atom is 0.255 e. The van der Waals surface area contributed by atoms with Crippen LogP contribution in [0.1, 0.15) is 52.6 Å². The fourth-order valence-corrected chi connectivity index (χ4v) is 6.15. The molecule has 8 nitrogen and oxygen atoms in total. The second-order valence-electron chi connectivity index (χ2n) is 9.07.